The molecule has 0 radical (unpaired) electrons. The number of anilines is 1. The quantitative estimate of drug-likeness (QED) is 0.0970. The number of ether oxygens (including phenoxy) is 4. The summed E-state index contributed by atoms with van der Waals surface area (Å²) in [5, 5.41) is 7.40. The van der Waals surface area contributed by atoms with Crippen molar-refractivity contribution >= 4 is 57.9 Å². The number of rotatable bonds is 12. The lowest BCUT2D eigenvalue weighted by Crippen LogP contribution is -2.20. The third kappa shape index (κ3) is 8.85. The van der Waals surface area contributed by atoms with Crippen molar-refractivity contribution in [3.05, 3.63) is 110 Å². The van der Waals surface area contributed by atoms with E-state index >= 15 is 0 Å². The van der Waals surface area contributed by atoms with E-state index < -0.39 is 5.91 Å². The number of carbonyl (C=O) groups is 2. The van der Waals surface area contributed by atoms with Gasteiger partial charge >= 0.3 is 0 Å². The molecule has 4 rings (SSSR count). The Morgan fingerprint density at radius 1 is 0.907 bits per heavy atom. The Labute approximate surface area is 268 Å². The Balaban J connectivity index is 1.35. The van der Waals surface area contributed by atoms with Crippen LogP contribution in [-0.4, -0.2) is 38.9 Å². The van der Waals surface area contributed by atoms with Gasteiger partial charge in [0.05, 0.1) is 24.0 Å². The summed E-state index contributed by atoms with van der Waals surface area (Å²) in [6.07, 6.45) is 1.48. The molecule has 0 unspecified atom stereocenters. The van der Waals surface area contributed by atoms with Crippen LogP contribution >= 0.6 is 34.2 Å². The van der Waals surface area contributed by atoms with Crippen LogP contribution < -0.4 is 29.7 Å². The van der Waals surface area contributed by atoms with Crippen molar-refractivity contribution in [2.45, 2.75) is 13.5 Å². The SMILES string of the molecule is COc1cc(C(=O)N/N=C/c2cc(I)c(OCC(=O)Nc3ccc(C)c(Cl)c3)c(OC)c2)ccc1OCc1ccccc1. The Morgan fingerprint density at radius 3 is 2.40 bits per heavy atom. The summed E-state index contributed by atoms with van der Waals surface area (Å²) in [5.41, 5.74) is 6.02. The van der Waals surface area contributed by atoms with E-state index in [9.17, 15) is 9.59 Å². The minimum absolute atomic E-state index is 0.235. The fourth-order valence-corrected chi connectivity index (χ4v) is 4.81. The predicted octanol–water partition coefficient (Wildman–Crippen LogP) is 6.63. The first-order valence-corrected chi connectivity index (χ1v) is 14.5. The molecule has 0 saturated heterocycles. The van der Waals surface area contributed by atoms with Crippen molar-refractivity contribution in [1.82, 2.24) is 5.43 Å². The molecule has 11 heteroatoms. The Morgan fingerprint density at radius 2 is 1.67 bits per heavy atom. The van der Waals surface area contributed by atoms with Crippen molar-refractivity contribution in [2.24, 2.45) is 5.10 Å². The van der Waals surface area contributed by atoms with Crippen LogP contribution in [-0.2, 0) is 11.4 Å². The summed E-state index contributed by atoms with van der Waals surface area (Å²) in [5.74, 6) is 0.987. The van der Waals surface area contributed by atoms with Crippen LogP contribution in [0.15, 0.2) is 84.0 Å². The van der Waals surface area contributed by atoms with Crippen LogP contribution in [0.25, 0.3) is 0 Å². The first-order chi connectivity index (χ1) is 20.8. The van der Waals surface area contributed by atoms with Crippen molar-refractivity contribution < 1.29 is 28.5 Å². The zero-order chi connectivity index (χ0) is 30.8. The molecule has 0 spiro atoms. The average molecular weight is 714 g/mol. The smallest absolute Gasteiger partial charge is 0.271 e. The van der Waals surface area contributed by atoms with Crippen molar-refractivity contribution in [3.63, 3.8) is 0 Å². The lowest BCUT2D eigenvalue weighted by atomic mass is 10.2. The number of methoxy groups -OCH3 is 2. The van der Waals surface area contributed by atoms with E-state index in [0.717, 1.165) is 11.1 Å². The highest BCUT2D eigenvalue weighted by molar-refractivity contribution is 14.1. The van der Waals surface area contributed by atoms with E-state index in [1.54, 1.807) is 42.5 Å². The second-order valence-electron chi connectivity index (χ2n) is 9.17. The number of hydrogen-bond acceptors (Lipinski definition) is 7. The molecular formula is C32H29ClIN3O6. The topological polar surface area (TPSA) is 107 Å². The molecule has 0 heterocycles. The summed E-state index contributed by atoms with van der Waals surface area (Å²) in [6.45, 7) is 2.02. The number of carbonyl (C=O) groups excluding carboxylic acids is 2. The minimum atomic E-state index is -0.424. The van der Waals surface area contributed by atoms with Crippen LogP contribution in [0.4, 0.5) is 5.69 Å². The molecule has 222 valence electrons. The highest BCUT2D eigenvalue weighted by Crippen LogP contribution is 2.34. The monoisotopic (exact) mass is 713 g/mol. The van der Waals surface area contributed by atoms with Crippen LogP contribution in [0.2, 0.25) is 5.02 Å². The second kappa shape index (κ2) is 15.3. The van der Waals surface area contributed by atoms with E-state index in [-0.39, 0.29) is 12.5 Å². The first kappa shape index (κ1) is 31.6. The lowest BCUT2D eigenvalue weighted by molar-refractivity contribution is -0.118. The minimum Gasteiger partial charge on any atom is -0.493 e. The summed E-state index contributed by atoms with van der Waals surface area (Å²) in [7, 11) is 3.01. The maximum absolute atomic E-state index is 12.7. The van der Waals surface area contributed by atoms with Gasteiger partial charge in [-0.15, -0.1) is 0 Å². The Hall–Kier alpha value is -4.29. The molecular weight excluding hydrogens is 685 g/mol. The average Bonchev–Trinajstić information content (AvgIpc) is 3.01. The van der Waals surface area contributed by atoms with Gasteiger partial charge in [0.2, 0.25) is 0 Å². The summed E-state index contributed by atoms with van der Waals surface area (Å²) in [6, 6.07) is 23.4. The Kier molecular flexibility index (Phi) is 11.2. The van der Waals surface area contributed by atoms with Crippen LogP contribution in [0.1, 0.15) is 27.0 Å². The number of halogens is 2. The molecule has 0 aromatic heterocycles. The number of amides is 2. The second-order valence-corrected chi connectivity index (χ2v) is 10.7. The largest absolute Gasteiger partial charge is 0.493 e. The third-order valence-electron chi connectivity index (χ3n) is 6.10. The highest BCUT2D eigenvalue weighted by atomic mass is 127. The van der Waals surface area contributed by atoms with E-state index in [4.69, 9.17) is 30.5 Å². The number of hydrogen-bond donors (Lipinski definition) is 2. The first-order valence-electron chi connectivity index (χ1n) is 13.0. The standard InChI is InChI=1S/C32H29ClIN3O6/c1-20-9-11-24(16-25(20)33)36-30(38)19-43-31-26(34)13-22(14-29(31)41-3)17-35-37-32(39)23-10-12-27(28(15-23)40-2)42-18-21-7-5-4-6-8-21/h4-17H,18-19H2,1-3H3,(H,36,38)(H,37,39)/b35-17+. The van der Waals surface area contributed by atoms with E-state index in [0.29, 0.717) is 55.0 Å². The summed E-state index contributed by atoms with van der Waals surface area (Å²) in [4.78, 5) is 25.2. The van der Waals surface area contributed by atoms with E-state index in [1.807, 2.05) is 43.3 Å². The molecule has 0 saturated carbocycles. The molecule has 2 N–H and O–H groups in total. The van der Waals surface area contributed by atoms with Gasteiger partial charge in [0.1, 0.15) is 6.61 Å². The van der Waals surface area contributed by atoms with Crippen molar-refractivity contribution in [2.75, 3.05) is 26.1 Å². The molecule has 4 aromatic carbocycles. The number of aryl methyl sites for hydroxylation is 1. The molecule has 0 bridgehead atoms. The molecule has 4 aromatic rings. The fourth-order valence-electron chi connectivity index (χ4n) is 3.85. The number of benzene rings is 4. The van der Waals surface area contributed by atoms with Gasteiger partial charge in [-0.1, -0.05) is 48.0 Å². The van der Waals surface area contributed by atoms with Gasteiger partial charge < -0.3 is 24.3 Å². The number of nitrogens with zero attached hydrogens (tertiary/aromatic N) is 1. The zero-order valence-corrected chi connectivity index (χ0v) is 26.6. The molecule has 0 fully saturated rings. The Bertz CT molecular complexity index is 1630. The lowest BCUT2D eigenvalue weighted by Gasteiger charge is -2.14. The molecule has 9 nitrogen and oxygen atoms in total. The van der Waals surface area contributed by atoms with Gasteiger partial charge in [-0.3, -0.25) is 9.59 Å². The summed E-state index contributed by atoms with van der Waals surface area (Å²) >= 11 is 8.21. The molecule has 43 heavy (non-hydrogen) atoms. The molecule has 0 atom stereocenters. The van der Waals surface area contributed by atoms with Gasteiger partial charge in [-0.2, -0.15) is 5.10 Å². The maximum Gasteiger partial charge on any atom is 0.271 e. The zero-order valence-electron chi connectivity index (χ0n) is 23.6. The van der Waals surface area contributed by atoms with Gasteiger partial charge in [-0.05, 0) is 88.7 Å². The summed E-state index contributed by atoms with van der Waals surface area (Å²) < 4.78 is 23.2. The normalized spacial score (nSPS) is 10.7. The number of hydrazone groups is 1. The fraction of sp³-hybridized carbons (Fsp3) is 0.156. The third-order valence-corrected chi connectivity index (χ3v) is 7.31. The molecule has 0 aliphatic rings. The van der Waals surface area contributed by atoms with Gasteiger partial charge in [0.25, 0.3) is 11.8 Å². The molecule has 0 aliphatic carbocycles. The molecule has 2 amide bonds. The maximum atomic E-state index is 12.7. The van der Waals surface area contributed by atoms with Crippen molar-refractivity contribution in [1.29, 1.82) is 0 Å². The predicted molar refractivity (Wildman–Crippen MR) is 175 cm³/mol. The van der Waals surface area contributed by atoms with Crippen LogP contribution in [0, 0.1) is 10.5 Å². The van der Waals surface area contributed by atoms with Crippen LogP contribution in [0.5, 0.6) is 23.0 Å². The van der Waals surface area contributed by atoms with Gasteiger partial charge in [-0.25, -0.2) is 5.43 Å². The van der Waals surface area contributed by atoms with Crippen molar-refractivity contribution in [3.8, 4) is 23.0 Å². The van der Waals surface area contributed by atoms with E-state index in [1.165, 1.54) is 20.4 Å². The number of nitrogens with one attached hydrogen (secondary N) is 2. The highest BCUT2D eigenvalue weighted by Gasteiger charge is 2.15. The van der Waals surface area contributed by atoms with E-state index in [2.05, 4.69) is 38.4 Å². The van der Waals surface area contributed by atoms with Gasteiger partial charge in [0, 0.05) is 16.3 Å². The molecule has 0 aliphatic heterocycles. The van der Waals surface area contributed by atoms with Crippen LogP contribution in [0.3, 0.4) is 0 Å². The van der Waals surface area contributed by atoms with Gasteiger partial charge in [0.15, 0.2) is 29.6 Å².